The summed E-state index contributed by atoms with van der Waals surface area (Å²) in [6, 6.07) is 5.45. The van der Waals surface area contributed by atoms with E-state index in [4.69, 9.17) is 0 Å². The highest BCUT2D eigenvalue weighted by Gasteiger charge is 2.16. The van der Waals surface area contributed by atoms with Crippen molar-refractivity contribution in [3.8, 4) is 0 Å². The van der Waals surface area contributed by atoms with Gasteiger partial charge in [0.1, 0.15) is 4.62 Å². The molecule has 3 nitrogen and oxygen atoms in total. The normalized spacial score (nSPS) is 13.4. The Balaban J connectivity index is 2.44. The molecule has 1 aromatic rings. The molecule has 1 aliphatic rings. The summed E-state index contributed by atoms with van der Waals surface area (Å²) in [4.78, 5) is 15.5. The van der Waals surface area contributed by atoms with E-state index in [0.717, 1.165) is 15.7 Å². The van der Waals surface area contributed by atoms with Crippen molar-refractivity contribution in [3.63, 3.8) is 0 Å². The lowest BCUT2D eigenvalue weighted by molar-refractivity contribution is 0.0600. The molecule has 1 aromatic carbocycles. The molecule has 0 atom stereocenters. The number of hydrogen-bond donors (Lipinski definition) is 0. The minimum absolute atomic E-state index is 0.319. The van der Waals surface area contributed by atoms with Gasteiger partial charge in [-0.05, 0) is 33.6 Å². The summed E-state index contributed by atoms with van der Waals surface area (Å²) in [5, 5.41) is 0. The standard InChI is InChI=1S/C10H8BrNO2/c1-14-10(13)6-2-3-7-5-12-9(11)8(7)4-6/h2-4H,5H2,1H3. The number of carbonyl (C=O) groups is 1. The predicted molar refractivity (Wildman–Crippen MR) is 56.9 cm³/mol. The first-order chi connectivity index (χ1) is 6.72. The van der Waals surface area contributed by atoms with Gasteiger partial charge in [-0.1, -0.05) is 6.07 Å². The van der Waals surface area contributed by atoms with Gasteiger partial charge in [0.05, 0.1) is 19.2 Å². The Morgan fingerprint density at radius 2 is 2.36 bits per heavy atom. The smallest absolute Gasteiger partial charge is 0.337 e. The quantitative estimate of drug-likeness (QED) is 0.720. The van der Waals surface area contributed by atoms with Crippen LogP contribution in [-0.4, -0.2) is 17.7 Å². The number of hydrogen-bond acceptors (Lipinski definition) is 3. The molecular formula is C10H8BrNO2. The Morgan fingerprint density at radius 3 is 3.07 bits per heavy atom. The number of rotatable bonds is 1. The Hall–Kier alpha value is -1.16. The lowest BCUT2D eigenvalue weighted by Gasteiger charge is -2.02. The molecule has 0 amide bonds. The number of halogens is 1. The predicted octanol–water partition coefficient (Wildman–Crippen LogP) is 2.13. The van der Waals surface area contributed by atoms with Crippen LogP contribution < -0.4 is 0 Å². The maximum atomic E-state index is 11.2. The SMILES string of the molecule is COC(=O)c1ccc2c(c1)C(Br)=NC2. The molecule has 14 heavy (non-hydrogen) atoms. The second-order valence-corrected chi connectivity index (χ2v) is 3.72. The Bertz CT molecular complexity index is 426. The number of aliphatic imine (C=N–C) groups is 1. The summed E-state index contributed by atoms with van der Waals surface area (Å²) in [5.41, 5.74) is 2.66. The van der Waals surface area contributed by atoms with Crippen molar-refractivity contribution in [2.24, 2.45) is 4.99 Å². The van der Waals surface area contributed by atoms with E-state index in [1.54, 1.807) is 12.1 Å². The second kappa shape index (κ2) is 3.53. The van der Waals surface area contributed by atoms with Gasteiger partial charge >= 0.3 is 5.97 Å². The van der Waals surface area contributed by atoms with Crippen molar-refractivity contribution in [1.82, 2.24) is 0 Å². The molecule has 2 rings (SSSR count). The average molecular weight is 254 g/mol. The van der Waals surface area contributed by atoms with Crippen molar-refractivity contribution in [1.29, 1.82) is 0 Å². The molecule has 1 aliphatic heterocycles. The molecule has 1 heterocycles. The summed E-state index contributed by atoms with van der Waals surface area (Å²) in [6.45, 7) is 0.678. The van der Waals surface area contributed by atoms with Crippen molar-refractivity contribution >= 4 is 26.5 Å². The van der Waals surface area contributed by atoms with Crippen molar-refractivity contribution in [3.05, 3.63) is 34.9 Å². The largest absolute Gasteiger partial charge is 0.465 e. The zero-order valence-electron chi connectivity index (χ0n) is 7.58. The Morgan fingerprint density at radius 1 is 1.57 bits per heavy atom. The highest BCUT2D eigenvalue weighted by atomic mass is 79.9. The van der Waals surface area contributed by atoms with Crippen LogP contribution in [0, 0.1) is 0 Å². The molecule has 0 spiro atoms. The second-order valence-electron chi connectivity index (χ2n) is 2.97. The first-order valence-corrected chi connectivity index (χ1v) is 4.93. The van der Waals surface area contributed by atoms with E-state index in [0.29, 0.717) is 12.1 Å². The third-order valence-electron chi connectivity index (χ3n) is 2.14. The monoisotopic (exact) mass is 253 g/mol. The third-order valence-corrected chi connectivity index (χ3v) is 2.82. The van der Waals surface area contributed by atoms with Crippen LogP contribution in [0.3, 0.4) is 0 Å². The fourth-order valence-electron chi connectivity index (χ4n) is 1.39. The van der Waals surface area contributed by atoms with Gasteiger partial charge in [-0.2, -0.15) is 0 Å². The van der Waals surface area contributed by atoms with Gasteiger partial charge in [0, 0.05) is 5.56 Å². The van der Waals surface area contributed by atoms with Crippen LogP contribution in [0.1, 0.15) is 21.5 Å². The number of nitrogens with zero attached hydrogens (tertiary/aromatic N) is 1. The van der Waals surface area contributed by atoms with Gasteiger partial charge in [0.2, 0.25) is 0 Å². The summed E-state index contributed by atoms with van der Waals surface area (Å²) in [5.74, 6) is -0.319. The fourth-order valence-corrected chi connectivity index (χ4v) is 1.89. The Labute approximate surface area is 89.9 Å². The number of ether oxygens (including phenoxy) is 1. The van der Waals surface area contributed by atoms with Crippen LogP contribution in [0.15, 0.2) is 23.2 Å². The molecule has 0 bridgehead atoms. The van der Waals surface area contributed by atoms with Crippen LogP contribution >= 0.6 is 15.9 Å². The maximum absolute atomic E-state index is 11.2. The number of benzene rings is 1. The van der Waals surface area contributed by atoms with Crippen LogP contribution in [0.2, 0.25) is 0 Å². The Kier molecular flexibility index (Phi) is 2.37. The molecular weight excluding hydrogens is 246 g/mol. The minimum atomic E-state index is -0.319. The zero-order valence-corrected chi connectivity index (χ0v) is 9.17. The lowest BCUT2D eigenvalue weighted by atomic mass is 10.1. The van der Waals surface area contributed by atoms with Crippen LogP contribution in [0.4, 0.5) is 0 Å². The van der Waals surface area contributed by atoms with Crippen LogP contribution in [0.5, 0.6) is 0 Å². The van der Waals surface area contributed by atoms with Gasteiger partial charge in [-0.25, -0.2) is 4.79 Å². The third kappa shape index (κ3) is 1.46. The van der Waals surface area contributed by atoms with Crippen molar-refractivity contribution in [2.75, 3.05) is 7.11 Å². The highest BCUT2D eigenvalue weighted by Crippen LogP contribution is 2.23. The molecule has 0 fully saturated rings. The molecule has 0 N–H and O–H groups in total. The average Bonchev–Trinajstić information content (AvgIpc) is 2.59. The summed E-state index contributed by atoms with van der Waals surface area (Å²) >= 11 is 3.34. The highest BCUT2D eigenvalue weighted by molar-refractivity contribution is 9.18. The van der Waals surface area contributed by atoms with Gasteiger partial charge in [-0.15, -0.1) is 0 Å². The number of esters is 1. The topological polar surface area (TPSA) is 38.7 Å². The van der Waals surface area contributed by atoms with E-state index in [1.807, 2.05) is 6.07 Å². The van der Waals surface area contributed by atoms with Gasteiger partial charge < -0.3 is 4.74 Å². The van der Waals surface area contributed by atoms with E-state index < -0.39 is 0 Å². The summed E-state index contributed by atoms with van der Waals surface area (Å²) in [6.07, 6.45) is 0. The fraction of sp³-hybridized carbons (Fsp3) is 0.200. The molecule has 0 saturated heterocycles. The minimum Gasteiger partial charge on any atom is -0.465 e. The van der Waals surface area contributed by atoms with E-state index in [2.05, 4.69) is 25.7 Å². The van der Waals surface area contributed by atoms with E-state index in [9.17, 15) is 4.79 Å². The molecule has 0 unspecified atom stereocenters. The van der Waals surface area contributed by atoms with E-state index >= 15 is 0 Å². The van der Waals surface area contributed by atoms with E-state index in [1.165, 1.54) is 7.11 Å². The molecule has 0 aliphatic carbocycles. The number of carbonyl (C=O) groups excluding carboxylic acids is 1. The molecule has 4 heteroatoms. The van der Waals surface area contributed by atoms with Crippen LogP contribution in [0.25, 0.3) is 0 Å². The van der Waals surface area contributed by atoms with Gasteiger partial charge in [0.15, 0.2) is 0 Å². The van der Waals surface area contributed by atoms with Gasteiger partial charge in [0.25, 0.3) is 0 Å². The molecule has 72 valence electrons. The lowest BCUT2D eigenvalue weighted by Crippen LogP contribution is -2.02. The molecule has 0 saturated carbocycles. The first-order valence-electron chi connectivity index (χ1n) is 4.14. The maximum Gasteiger partial charge on any atom is 0.337 e. The molecule has 0 radical (unpaired) electrons. The summed E-state index contributed by atoms with van der Waals surface area (Å²) in [7, 11) is 1.37. The van der Waals surface area contributed by atoms with Crippen LogP contribution in [-0.2, 0) is 11.3 Å². The zero-order chi connectivity index (χ0) is 10.1. The van der Waals surface area contributed by atoms with E-state index in [-0.39, 0.29) is 5.97 Å². The number of fused-ring (bicyclic) bond motifs is 1. The molecule has 0 aromatic heterocycles. The van der Waals surface area contributed by atoms with Crippen molar-refractivity contribution < 1.29 is 9.53 Å². The van der Waals surface area contributed by atoms with Gasteiger partial charge in [-0.3, -0.25) is 4.99 Å². The summed E-state index contributed by atoms with van der Waals surface area (Å²) < 4.78 is 5.44. The first kappa shape index (κ1) is 9.40. The number of methoxy groups -OCH3 is 1. The van der Waals surface area contributed by atoms with Crippen molar-refractivity contribution in [2.45, 2.75) is 6.54 Å².